The molecular formula is C24H28N6O. The zero-order chi connectivity index (χ0) is 21.5. The summed E-state index contributed by atoms with van der Waals surface area (Å²) in [7, 11) is 2.16. The molecule has 1 saturated carbocycles. The van der Waals surface area contributed by atoms with E-state index in [-0.39, 0.29) is 6.10 Å². The smallest absolute Gasteiger partial charge is 0.258 e. The minimum atomic E-state index is -0.156. The molecule has 2 aromatic heterocycles. The van der Waals surface area contributed by atoms with Crippen molar-refractivity contribution in [1.29, 1.82) is 0 Å². The van der Waals surface area contributed by atoms with Gasteiger partial charge in [-0.1, -0.05) is 0 Å². The Morgan fingerprint density at radius 3 is 2.77 bits per heavy atom. The van der Waals surface area contributed by atoms with Gasteiger partial charge >= 0.3 is 0 Å². The van der Waals surface area contributed by atoms with E-state index in [9.17, 15) is 0 Å². The maximum atomic E-state index is 6.34. The van der Waals surface area contributed by atoms with E-state index in [0.717, 1.165) is 49.2 Å². The molecule has 1 fully saturated rings. The summed E-state index contributed by atoms with van der Waals surface area (Å²) in [5.74, 6) is 1.57. The van der Waals surface area contributed by atoms with E-state index >= 15 is 0 Å². The number of aromatic nitrogens is 3. The average Bonchev–Trinajstić information content (AvgIpc) is 3.58. The SMILES string of the molecule is Cc1cc(-c2cnc(N)c(OC(c3ccnc(N)c3)C3CC3)n2)cc2c1CCN(C)C2. The number of ether oxygens (including phenoxy) is 1. The molecular weight excluding hydrogens is 388 g/mol. The molecule has 0 radical (unpaired) electrons. The number of nitrogen functional groups attached to an aromatic ring is 2. The first-order chi connectivity index (χ1) is 15.0. The number of aryl methyl sites for hydroxylation is 1. The lowest BCUT2D eigenvalue weighted by Gasteiger charge is -2.27. The van der Waals surface area contributed by atoms with Crippen LogP contribution in [0.3, 0.4) is 0 Å². The lowest BCUT2D eigenvalue weighted by atomic mass is 9.92. The Morgan fingerprint density at radius 1 is 1.16 bits per heavy atom. The Balaban J connectivity index is 1.48. The molecule has 0 saturated heterocycles. The van der Waals surface area contributed by atoms with Crippen LogP contribution in [0, 0.1) is 12.8 Å². The van der Waals surface area contributed by atoms with Crippen molar-refractivity contribution in [3.63, 3.8) is 0 Å². The van der Waals surface area contributed by atoms with Gasteiger partial charge in [-0.3, -0.25) is 0 Å². The summed E-state index contributed by atoms with van der Waals surface area (Å²) in [6.45, 7) is 4.21. The maximum absolute atomic E-state index is 6.34. The summed E-state index contributed by atoms with van der Waals surface area (Å²) in [5, 5.41) is 0. The highest BCUT2D eigenvalue weighted by atomic mass is 16.5. The number of hydrogen-bond acceptors (Lipinski definition) is 7. The monoisotopic (exact) mass is 416 g/mol. The summed E-state index contributed by atoms with van der Waals surface area (Å²) < 4.78 is 6.34. The van der Waals surface area contributed by atoms with Crippen LogP contribution in [0.15, 0.2) is 36.7 Å². The van der Waals surface area contributed by atoms with Crippen molar-refractivity contribution in [1.82, 2.24) is 19.9 Å². The highest BCUT2D eigenvalue weighted by Crippen LogP contribution is 2.44. The number of rotatable bonds is 5. The summed E-state index contributed by atoms with van der Waals surface area (Å²) >= 11 is 0. The lowest BCUT2D eigenvalue weighted by molar-refractivity contribution is 0.174. The number of nitrogens with zero attached hydrogens (tertiary/aromatic N) is 4. The van der Waals surface area contributed by atoms with Crippen LogP contribution < -0.4 is 16.2 Å². The van der Waals surface area contributed by atoms with Crippen LogP contribution in [0.5, 0.6) is 5.88 Å². The minimum absolute atomic E-state index is 0.156. The van der Waals surface area contributed by atoms with Gasteiger partial charge in [0.05, 0.1) is 11.9 Å². The molecule has 160 valence electrons. The normalized spacial score (nSPS) is 17.2. The molecule has 1 atom stereocenters. The Labute approximate surface area is 182 Å². The fraction of sp³-hybridized carbons (Fsp3) is 0.375. The summed E-state index contributed by atoms with van der Waals surface area (Å²) in [6.07, 6.45) is 6.58. The number of likely N-dealkylation sites (N-methyl/N-ethyl adjacent to an activating group) is 1. The van der Waals surface area contributed by atoms with Gasteiger partial charge in [-0.25, -0.2) is 15.0 Å². The summed E-state index contributed by atoms with van der Waals surface area (Å²) in [5.41, 5.74) is 19.0. The molecule has 7 nitrogen and oxygen atoms in total. The molecule has 0 spiro atoms. The van der Waals surface area contributed by atoms with Gasteiger partial charge in [0, 0.05) is 30.8 Å². The topological polar surface area (TPSA) is 103 Å². The molecule has 3 heterocycles. The largest absolute Gasteiger partial charge is 0.467 e. The van der Waals surface area contributed by atoms with Crippen molar-refractivity contribution < 1.29 is 4.74 Å². The fourth-order valence-corrected chi connectivity index (χ4v) is 4.41. The van der Waals surface area contributed by atoms with E-state index < -0.39 is 0 Å². The van der Waals surface area contributed by atoms with Crippen LogP contribution in [0.1, 0.15) is 41.2 Å². The molecule has 2 aliphatic rings. The molecule has 1 aliphatic heterocycles. The molecule has 1 aliphatic carbocycles. The van der Waals surface area contributed by atoms with Gasteiger partial charge in [-0.2, -0.15) is 0 Å². The van der Waals surface area contributed by atoms with Crippen LogP contribution >= 0.6 is 0 Å². The van der Waals surface area contributed by atoms with E-state index in [1.165, 1.54) is 16.7 Å². The number of nitrogens with two attached hydrogens (primary N) is 2. The molecule has 7 heteroatoms. The number of hydrogen-bond donors (Lipinski definition) is 2. The Morgan fingerprint density at radius 2 is 2.00 bits per heavy atom. The number of fused-ring (bicyclic) bond motifs is 1. The molecule has 4 N–H and O–H groups in total. The van der Waals surface area contributed by atoms with Gasteiger partial charge in [-0.15, -0.1) is 0 Å². The quantitative estimate of drug-likeness (QED) is 0.656. The van der Waals surface area contributed by atoms with E-state index in [0.29, 0.717) is 23.4 Å². The summed E-state index contributed by atoms with van der Waals surface area (Å²) in [6, 6.07) is 8.22. The Kier molecular flexibility index (Phi) is 4.98. The molecule has 5 rings (SSSR count). The van der Waals surface area contributed by atoms with Gasteiger partial charge in [0.2, 0.25) is 0 Å². The predicted molar refractivity (Wildman–Crippen MR) is 121 cm³/mol. The highest BCUT2D eigenvalue weighted by molar-refractivity contribution is 5.64. The van der Waals surface area contributed by atoms with Crippen molar-refractivity contribution in [3.05, 3.63) is 58.9 Å². The van der Waals surface area contributed by atoms with Crippen molar-refractivity contribution in [2.24, 2.45) is 5.92 Å². The molecule has 31 heavy (non-hydrogen) atoms. The van der Waals surface area contributed by atoms with Crippen LogP contribution in [-0.2, 0) is 13.0 Å². The van der Waals surface area contributed by atoms with Crippen LogP contribution in [-0.4, -0.2) is 33.4 Å². The zero-order valence-corrected chi connectivity index (χ0v) is 18.0. The summed E-state index contributed by atoms with van der Waals surface area (Å²) in [4.78, 5) is 15.6. The third-order valence-electron chi connectivity index (χ3n) is 6.23. The number of pyridine rings is 1. The number of benzene rings is 1. The van der Waals surface area contributed by atoms with Gasteiger partial charge < -0.3 is 21.1 Å². The Hall–Kier alpha value is -3.19. The first-order valence-electron chi connectivity index (χ1n) is 10.8. The minimum Gasteiger partial charge on any atom is -0.467 e. The van der Waals surface area contributed by atoms with Gasteiger partial charge in [-0.05, 0) is 79.8 Å². The van der Waals surface area contributed by atoms with Crippen molar-refractivity contribution in [2.75, 3.05) is 25.1 Å². The zero-order valence-electron chi connectivity index (χ0n) is 18.0. The van der Waals surface area contributed by atoms with E-state index in [4.69, 9.17) is 21.2 Å². The van der Waals surface area contributed by atoms with Gasteiger partial charge in [0.25, 0.3) is 5.88 Å². The second-order valence-electron chi connectivity index (χ2n) is 8.75. The average molecular weight is 417 g/mol. The van der Waals surface area contributed by atoms with Crippen LogP contribution in [0.4, 0.5) is 11.6 Å². The Bertz CT molecular complexity index is 1130. The third-order valence-corrected chi connectivity index (χ3v) is 6.23. The second kappa shape index (κ2) is 7.81. The fourth-order valence-electron chi connectivity index (χ4n) is 4.41. The van der Waals surface area contributed by atoms with Gasteiger partial charge in [0.1, 0.15) is 11.9 Å². The standard InChI is InChI=1S/C24H28N6O/c1-14-9-17(10-18-13-30(2)8-6-19(14)18)20-12-28-23(26)24(29-20)31-22(15-3-4-15)16-5-7-27-21(25)11-16/h5,7,9-12,15,22H,3-4,6,8,13H2,1-2H3,(H2,25,27)(H2,26,28). The van der Waals surface area contributed by atoms with Crippen LogP contribution in [0.2, 0.25) is 0 Å². The lowest BCUT2D eigenvalue weighted by Crippen LogP contribution is -2.27. The van der Waals surface area contributed by atoms with Crippen molar-refractivity contribution in [3.8, 4) is 17.1 Å². The third kappa shape index (κ3) is 4.05. The van der Waals surface area contributed by atoms with Crippen molar-refractivity contribution >= 4 is 11.6 Å². The first-order valence-corrected chi connectivity index (χ1v) is 10.8. The number of anilines is 2. The maximum Gasteiger partial charge on any atom is 0.258 e. The predicted octanol–water partition coefficient (Wildman–Crippen LogP) is 3.53. The first kappa shape index (κ1) is 19.8. The molecule has 3 aromatic rings. The van der Waals surface area contributed by atoms with Crippen LogP contribution in [0.25, 0.3) is 11.3 Å². The second-order valence-corrected chi connectivity index (χ2v) is 8.75. The van der Waals surface area contributed by atoms with Gasteiger partial charge in [0.15, 0.2) is 5.82 Å². The molecule has 0 bridgehead atoms. The van der Waals surface area contributed by atoms with Crippen molar-refractivity contribution in [2.45, 2.75) is 38.8 Å². The highest BCUT2D eigenvalue weighted by Gasteiger charge is 2.35. The van der Waals surface area contributed by atoms with E-state index in [1.807, 2.05) is 12.1 Å². The molecule has 1 aromatic carbocycles. The molecule has 0 amide bonds. The molecule has 1 unspecified atom stereocenters. The van der Waals surface area contributed by atoms with E-state index in [1.54, 1.807) is 12.4 Å². The van der Waals surface area contributed by atoms with E-state index in [2.05, 4.69) is 41.0 Å².